The molecule has 1 atom stereocenters. The van der Waals surface area contributed by atoms with E-state index in [9.17, 15) is 27.6 Å². The molecule has 0 radical (unpaired) electrons. The Kier molecular flexibility index (Phi) is 5.81. The lowest BCUT2D eigenvalue weighted by atomic mass is 9.97. The Morgan fingerprint density at radius 1 is 1.20 bits per heavy atom. The lowest BCUT2D eigenvalue weighted by Gasteiger charge is -2.26. The molecule has 8 heteroatoms. The predicted molar refractivity (Wildman–Crippen MR) is 84.8 cm³/mol. The Morgan fingerprint density at radius 2 is 1.84 bits per heavy atom. The highest BCUT2D eigenvalue weighted by molar-refractivity contribution is 6.05. The van der Waals surface area contributed by atoms with Gasteiger partial charge in [-0.2, -0.15) is 13.2 Å². The molecular weight excluding hydrogens is 337 g/mol. The second kappa shape index (κ2) is 7.67. The second-order valence-electron chi connectivity index (χ2n) is 5.96. The molecule has 1 aromatic rings. The minimum Gasteiger partial charge on any atom is -0.333 e. The van der Waals surface area contributed by atoms with E-state index < -0.39 is 29.7 Å². The van der Waals surface area contributed by atoms with Crippen molar-refractivity contribution in [3.05, 3.63) is 30.3 Å². The molecule has 136 valence electrons. The Hall–Kier alpha value is -2.38. The molecule has 1 heterocycles. The molecule has 2 amide bonds. The second-order valence-corrected chi connectivity index (χ2v) is 5.96. The molecule has 1 aromatic carbocycles. The summed E-state index contributed by atoms with van der Waals surface area (Å²) in [6.07, 6.45) is -4.41. The van der Waals surface area contributed by atoms with Gasteiger partial charge in [-0.15, -0.1) is 0 Å². The van der Waals surface area contributed by atoms with E-state index in [2.05, 4.69) is 0 Å². The van der Waals surface area contributed by atoms with Crippen molar-refractivity contribution >= 4 is 23.3 Å². The topological polar surface area (TPSA) is 57.7 Å². The van der Waals surface area contributed by atoms with E-state index >= 15 is 0 Å². The fraction of sp³-hybridized carbons (Fsp3) is 0.471. The van der Waals surface area contributed by atoms with Gasteiger partial charge in [0.05, 0.1) is 0 Å². The van der Waals surface area contributed by atoms with Gasteiger partial charge in [0.25, 0.3) is 0 Å². The number of amides is 2. The van der Waals surface area contributed by atoms with E-state index in [1.54, 1.807) is 30.3 Å². The van der Waals surface area contributed by atoms with Gasteiger partial charge in [-0.3, -0.25) is 14.4 Å². The normalized spacial score (nSPS) is 18.6. The summed E-state index contributed by atoms with van der Waals surface area (Å²) in [6, 6.07) is 8.69. The van der Waals surface area contributed by atoms with Crippen molar-refractivity contribution in [1.82, 2.24) is 4.90 Å². The zero-order valence-corrected chi connectivity index (χ0v) is 13.8. The van der Waals surface area contributed by atoms with Crippen LogP contribution in [-0.4, -0.2) is 48.8 Å². The van der Waals surface area contributed by atoms with Crippen molar-refractivity contribution in [1.29, 1.82) is 0 Å². The van der Waals surface area contributed by atoms with Crippen molar-refractivity contribution in [2.45, 2.75) is 25.4 Å². The summed E-state index contributed by atoms with van der Waals surface area (Å²) in [7, 11) is 1.53. The number of hydrogen-bond acceptors (Lipinski definition) is 3. The van der Waals surface area contributed by atoms with Crippen LogP contribution in [0.2, 0.25) is 0 Å². The van der Waals surface area contributed by atoms with Crippen LogP contribution in [-0.2, 0) is 14.4 Å². The number of anilines is 1. The third-order valence-corrected chi connectivity index (χ3v) is 4.22. The first-order valence-corrected chi connectivity index (χ1v) is 7.93. The molecule has 1 unspecified atom stereocenters. The maximum atomic E-state index is 12.7. The highest BCUT2D eigenvalue weighted by Crippen LogP contribution is 2.27. The van der Waals surface area contributed by atoms with Gasteiger partial charge in [-0.1, -0.05) is 24.6 Å². The van der Waals surface area contributed by atoms with Crippen LogP contribution in [0.3, 0.4) is 0 Å². The molecule has 0 bridgehead atoms. The van der Waals surface area contributed by atoms with E-state index in [1.807, 2.05) is 0 Å². The monoisotopic (exact) mass is 356 g/mol. The van der Waals surface area contributed by atoms with Gasteiger partial charge in [-0.05, 0) is 25.0 Å². The van der Waals surface area contributed by atoms with Crippen molar-refractivity contribution in [2.75, 3.05) is 25.0 Å². The van der Waals surface area contributed by atoms with E-state index in [4.69, 9.17) is 0 Å². The van der Waals surface area contributed by atoms with Gasteiger partial charge in [0.1, 0.15) is 12.5 Å². The number of benzene rings is 1. The SMILES string of the molecule is CN(C(=O)CN1CCCCC(C(=O)C(F)(F)F)C1=O)c1ccccc1. The first-order valence-electron chi connectivity index (χ1n) is 7.93. The van der Waals surface area contributed by atoms with Gasteiger partial charge < -0.3 is 9.80 Å². The van der Waals surface area contributed by atoms with Crippen LogP contribution < -0.4 is 4.90 Å². The molecule has 0 aromatic heterocycles. The highest BCUT2D eigenvalue weighted by Gasteiger charge is 2.47. The van der Waals surface area contributed by atoms with Gasteiger partial charge >= 0.3 is 6.18 Å². The smallest absolute Gasteiger partial charge is 0.333 e. The van der Waals surface area contributed by atoms with Gasteiger partial charge in [0, 0.05) is 19.3 Å². The molecule has 25 heavy (non-hydrogen) atoms. The van der Waals surface area contributed by atoms with Crippen LogP contribution in [0.15, 0.2) is 30.3 Å². The number of carbonyl (C=O) groups excluding carboxylic acids is 3. The molecule has 0 aliphatic carbocycles. The van der Waals surface area contributed by atoms with Crippen LogP contribution in [0.4, 0.5) is 18.9 Å². The highest BCUT2D eigenvalue weighted by atomic mass is 19.4. The minimum atomic E-state index is -5.05. The van der Waals surface area contributed by atoms with Crippen LogP contribution in [0.5, 0.6) is 0 Å². The number of alkyl halides is 3. The number of Topliss-reactive ketones (excluding diaryl/α,β-unsaturated/α-hetero) is 1. The van der Waals surface area contributed by atoms with E-state index in [-0.39, 0.29) is 19.5 Å². The third-order valence-electron chi connectivity index (χ3n) is 4.22. The molecule has 1 aliphatic heterocycles. The average Bonchev–Trinajstić information content (AvgIpc) is 2.75. The summed E-state index contributed by atoms with van der Waals surface area (Å²) in [6.45, 7) is -0.194. The summed E-state index contributed by atoms with van der Waals surface area (Å²) >= 11 is 0. The molecular formula is C17H19F3N2O3. The standard InChI is InChI=1S/C17H19F3N2O3/c1-21(12-7-3-2-4-8-12)14(23)11-22-10-6-5-9-13(16(22)25)15(24)17(18,19)20/h2-4,7-8,13H,5-6,9-11H2,1H3. The van der Waals surface area contributed by atoms with E-state index in [1.165, 1.54) is 11.9 Å². The molecule has 0 saturated carbocycles. The maximum absolute atomic E-state index is 12.7. The molecule has 2 rings (SSSR count). The van der Waals surface area contributed by atoms with Crippen molar-refractivity contribution < 1.29 is 27.6 Å². The molecule has 1 fully saturated rings. The quantitative estimate of drug-likeness (QED) is 0.779. The molecule has 0 spiro atoms. The van der Waals surface area contributed by atoms with Crippen molar-refractivity contribution in [3.8, 4) is 0 Å². The summed E-state index contributed by atoms with van der Waals surface area (Å²) in [5.74, 6) is -5.14. The van der Waals surface area contributed by atoms with Crippen molar-refractivity contribution in [2.24, 2.45) is 5.92 Å². The first kappa shape index (κ1) is 19.0. The molecule has 1 saturated heterocycles. The van der Waals surface area contributed by atoms with E-state index in [0.29, 0.717) is 18.5 Å². The number of halogens is 3. The number of likely N-dealkylation sites (tertiary alicyclic amines) is 1. The Balaban J connectivity index is 2.11. The molecule has 5 nitrogen and oxygen atoms in total. The summed E-state index contributed by atoms with van der Waals surface area (Å²) in [4.78, 5) is 38.6. The lowest BCUT2D eigenvalue weighted by Crippen LogP contribution is -2.46. The number of para-hydroxylation sites is 1. The van der Waals surface area contributed by atoms with Gasteiger partial charge in [0.2, 0.25) is 17.6 Å². The van der Waals surface area contributed by atoms with Crippen molar-refractivity contribution in [3.63, 3.8) is 0 Å². The number of nitrogens with zero attached hydrogens (tertiary/aromatic N) is 2. The number of likely N-dealkylation sites (N-methyl/N-ethyl adjacent to an activating group) is 1. The average molecular weight is 356 g/mol. The van der Waals surface area contributed by atoms with Gasteiger partial charge in [-0.25, -0.2) is 0 Å². The lowest BCUT2D eigenvalue weighted by molar-refractivity contribution is -0.178. The van der Waals surface area contributed by atoms with Crippen LogP contribution in [0, 0.1) is 5.92 Å². The summed E-state index contributed by atoms with van der Waals surface area (Å²) in [5, 5.41) is 0. The van der Waals surface area contributed by atoms with Crippen LogP contribution in [0.1, 0.15) is 19.3 Å². The zero-order chi connectivity index (χ0) is 18.6. The third kappa shape index (κ3) is 4.58. The Morgan fingerprint density at radius 3 is 2.44 bits per heavy atom. The minimum absolute atomic E-state index is 0.142. The number of ketones is 1. The number of rotatable bonds is 4. The zero-order valence-electron chi connectivity index (χ0n) is 13.8. The van der Waals surface area contributed by atoms with E-state index in [0.717, 1.165) is 4.90 Å². The largest absolute Gasteiger partial charge is 0.450 e. The van der Waals surface area contributed by atoms with Crippen LogP contribution in [0.25, 0.3) is 0 Å². The molecule has 0 N–H and O–H groups in total. The Labute approximate surface area is 143 Å². The fourth-order valence-corrected chi connectivity index (χ4v) is 2.77. The fourth-order valence-electron chi connectivity index (χ4n) is 2.77. The first-order chi connectivity index (χ1) is 11.7. The summed E-state index contributed by atoms with van der Waals surface area (Å²) < 4.78 is 38.1. The number of hydrogen-bond donors (Lipinski definition) is 0. The summed E-state index contributed by atoms with van der Waals surface area (Å²) in [5.41, 5.74) is 0.609. The maximum Gasteiger partial charge on any atom is 0.450 e. The van der Waals surface area contributed by atoms with Gasteiger partial charge in [0.15, 0.2) is 0 Å². The predicted octanol–water partition coefficient (Wildman–Crippen LogP) is 2.41. The number of carbonyl (C=O) groups is 3. The molecule has 1 aliphatic rings. The van der Waals surface area contributed by atoms with Crippen LogP contribution >= 0.6 is 0 Å². The Bertz CT molecular complexity index is 646.